The van der Waals surface area contributed by atoms with Gasteiger partial charge in [0.05, 0.1) is 12.4 Å². The van der Waals surface area contributed by atoms with Gasteiger partial charge in [-0.25, -0.2) is 15.0 Å². The van der Waals surface area contributed by atoms with E-state index in [2.05, 4.69) is 31.1 Å². The van der Waals surface area contributed by atoms with E-state index in [-0.39, 0.29) is 6.23 Å². The fourth-order valence-corrected chi connectivity index (χ4v) is 3.19. The Morgan fingerprint density at radius 1 is 1.47 bits per heavy atom. The number of rotatable bonds is 3. The molecular formula is C12H18N5OP. The Morgan fingerprint density at radius 2 is 2.32 bits per heavy atom. The second kappa shape index (κ2) is 5.02. The number of nitrogen functional groups attached to an aromatic ring is 1. The molecule has 0 saturated carbocycles. The minimum atomic E-state index is -0.0409. The van der Waals surface area contributed by atoms with Gasteiger partial charge < -0.3 is 10.5 Å². The van der Waals surface area contributed by atoms with Crippen LogP contribution in [-0.2, 0) is 4.74 Å². The minimum Gasteiger partial charge on any atom is -0.382 e. The van der Waals surface area contributed by atoms with Crippen molar-refractivity contribution >= 4 is 26.2 Å². The first kappa shape index (κ1) is 12.8. The lowest BCUT2D eigenvalue weighted by Gasteiger charge is -2.17. The molecule has 1 aliphatic heterocycles. The van der Waals surface area contributed by atoms with Gasteiger partial charge in [-0.2, -0.15) is 0 Å². The maximum atomic E-state index is 6.11. The first-order chi connectivity index (χ1) is 9.20. The van der Waals surface area contributed by atoms with Gasteiger partial charge in [0.2, 0.25) is 0 Å². The lowest BCUT2D eigenvalue weighted by molar-refractivity contribution is 0.00185. The zero-order chi connectivity index (χ0) is 13.4. The molecule has 0 spiro atoms. The molecule has 0 aromatic carbocycles. The van der Waals surface area contributed by atoms with Gasteiger partial charge in [0.25, 0.3) is 0 Å². The normalized spacial score (nSPS) is 27.2. The Labute approximate surface area is 114 Å². The molecule has 7 heteroatoms. The van der Waals surface area contributed by atoms with E-state index in [1.807, 2.05) is 4.57 Å². The van der Waals surface area contributed by atoms with Gasteiger partial charge in [-0.05, 0) is 12.8 Å². The molecule has 2 N–H and O–H groups in total. The van der Waals surface area contributed by atoms with E-state index in [4.69, 9.17) is 10.5 Å². The molecule has 102 valence electrons. The van der Waals surface area contributed by atoms with Crippen molar-refractivity contribution in [3.05, 3.63) is 12.7 Å². The van der Waals surface area contributed by atoms with Gasteiger partial charge in [-0.3, -0.25) is 4.57 Å². The first-order valence-electron chi connectivity index (χ1n) is 6.54. The zero-order valence-corrected chi connectivity index (χ0v) is 12.0. The molecule has 1 saturated heterocycles. The summed E-state index contributed by atoms with van der Waals surface area (Å²) in [6.45, 7) is 2.18. The van der Waals surface area contributed by atoms with E-state index in [9.17, 15) is 0 Å². The van der Waals surface area contributed by atoms with Crippen LogP contribution < -0.4 is 5.73 Å². The summed E-state index contributed by atoms with van der Waals surface area (Å²) >= 11 is 0. The monoisotopic (exact) mass is 279 g/mol. The molecular weight excluding hydrogens is 261 g/mol. The third kappa shape index (κ3) is 2.19. The van der Waals surface area contributed by atoms with E-state index in [1.54, 1.807) is 6.33 Å². The van der Waals surface area contributed by atoms with Crippen LogP contribution in [0.3, 0.4) is 0 Å². The summed E-state index contributed by atoms with van der Waals surface area (Å²) < 4.78 is 8.07. The summed E-state index contributed by atoms with van der Waals surface area (Å²) in [6.07, 6.45) is 6.75. The number of ether oxygens (including phenoxy) is 1. The highest BCUT2D eigenvalue weighted by atomic mass is 31.0. The minimum absolute atomic E-state index is 0.0409. The Bertz CT molecular complexity index is 587. The van der Waals surface area contributed by atoms with Crippen LogP contribution in [0.15, 0.2) is 12.7 Å². The number of nitrogens with zero attached hydrogens (tertiary/aromatic N) is 4. The molecule has 1 aliphatic rings. The van der Waals surface area contributed by atoms with Crippen molar-refractivity contribution in [1.82, 2.24) is 19.5 Å². The number of nitrogens with two attached hydrogens (primary N) is 1. The summed E-state index contributed by atoms with van der Waals surface area (Å²) in [6, 6.07) is 0. The highest BCUT2D eigenvalue weighted by Crippen LogP contribution is 2.37. The van der Waals surface area contributed by atoms with E-state index in [0.717, 1.165) is 24.9 Å². The van der Waals surface area contributed by atoms with Gasteiger partial charge >= 0.3 is 0 Å². The van der Waals surface area contributed by atoms with Gasteiger partial charge in [0, 0.05) is 5.66 Å². The molecule has 3 rings (SSSR count). The van der Waals surface area contributed by atoms with Crippen molar-refractivity contribution in [2.45, 2.75) is 44.2 Å². The van der Waals surface area contributed by atoms with Crippen molar-refractivity contribution in [2.24, 2.45) is 0 Å². The molecule has 4 unspecified atom stereocenters. The number of anilines is 1. The van der Waals surface area contributed by atoms with Crippen molar-refractivity contribution in [3.63, 3.8) is 0 Å². The Hall–Kier alpha value is -1.26. The molecule has 0 bridgehead atoms. The van der Waals surface area contributed by atoms with E-state index < -0.39 is 0 Å². The van der Waals surface area contributed by atoms with Crippen LogP contribution >= 0.6 is 9.24 Å². The predicted molar refractivity (Wildman–Crippen MR) is 76.7 cm³/mol. The molecule has 0 amide bonds. The van der Waals surface area contributed by atoms with Crippen LogP contribution in [0.1, 0.15) is 32.4 Å². The van der Waals surface area contributed by atoms with Crippen molar-refractivity contribution in [1.29, 1.82) is 0 Å². The van der Waals surface area contributed by atoms with Crippen molar-refractivity contribution in [2.75, 3.05) is 5.73 Å². The maximum absolute atomic E-state index is 6.11. The van der Waals surface area contributed by atoms with Crippen molar-refractivity contribution in [3.8, 4) is 0 Å². The first-order valence-corrected chi connectivity index (χ1v) is 7.21. The molecule has 1 fully saturated rings. The standard InChI is InChI=1S/C12H18N5OP/c1-2-3-7-4-8(19)12(18-7)17-6-16-9-10(13)14-5-15-11(9)17/h5-8,12H,2-4,19H2,1H3,(H2,13,14,15). The molecule has 19 heavy (non-hydrogen) atoms. The van der Waals surface area contributed by atoms with Gasteiger partial charge in [-0.1, -0.05) is 13.3 Å². The van der Waals surface area contributed by atoms with Gasteiger partial charge in [0.1, 0.15) is 18.1 Å². The highest BCUT2D eigenvalue weighted by Gasteiger charge is 2.34. The number of fused-ring (bicyclic) bond motifs is 1. The summed E-state index contributed by atoms with van der Waals surface area (Å²) in [5, 5.41) is 0. The summed E-state index contributed by atoms with van der Waals surface area (Å²) in [4.78, 5) is 12.5. The highest BCUT2D eigenvalue weighted by molar-refractivity contribution is 7.17. The number of aromatic nitrogens is 4. The summed E-state index contributed by atoms with van der Waals surface area (Å²) in [7, 11) is 2.87. The molecule has 4 atom stereocenters. The second-order valence-corrected chi connectivity index (χ2v) is 5.78. The summed E-state index contributed by atoms with van der Waals surface area (Å²) in [5.41, 5.74) is 7.55. The number of imidazole rings is 1. The lowest BCUT2D eigenvalue weighted by atomic mass is 10.1. The van der Waals surface area contributed by atoms with Crippen molar-refractivity contribution < 1.29 is 4.74 Å². The van der Waals surface area contributed by atoms with E-state index in [1.165, 1.54) is 6.33 Å². The third-order valence-corrected chi connectivity index (χ3v) is 4.11. The van der Waals surface area contributed by atoms with E-state index in [0.29, 0.717) is 23.1 Å². The molecule has 6 nitrogen and oxygen atoms in total. The van der Waals surface area contributed by atoms with Crippen LogP contribution in [-0.4, -0.2) is 31.3 Å². The molecule has 2 aromatic heterocycles. The average Bonchev–Trinajstić information content (AvgIpc) is 2.94. The SMILES string of the molecule is CCCC1CC(P)C(n2cnc3c(N)ncnc32)O1. The molecule has 3 heterocycles. The Kier molecular flexibility index (Phi) is 3.37. The third-order valence-electron chi connectivity index (χ3n) is 3.51. The Balaban J connectivity index is 1.94. The van der Waals surface area contributed by atoms with Crippen LogP contribution in [0.4, 0.5) is 5.82 Å². The topological polar surface area (TPSA) is 78.9 Å². The summed E-state index contributed by atoms with van der Waals surface area (Å²) in [5.74, 6) is 0.409. The van der Waals surface area contributed by atoms with Crippen LogP contribution in [0.2, 0.25) is 0 Å². The largest absolute Gasteiger partial charge is 0.382 e. The van der Waals surface area contributed by atoms with E-state index >= 15 is 0 Å². The average molecular weight is 279 g/mol. The lowest BCUT2D eigenvalue weighted by Crippen LogP contribution is -2.15. The van der Waals surface area contributed by atoms with Gasteiger partial charge in [-0.15, -0.1) is 9.24 Å². The zero-order valence-electron chi connectivity index (χ0n) is 10.9. The number of hydrogen-bond acceptors (Lipinski definition) is 5. The molecule has 0 aliphatic carbocycles. The molecule has 0 radical (unpaired) electrons. The fourth-order valence-electron chi connectivity index (χ4n) is 2.61. The predicted octanol–water partition coefficient (Wildman–Crippen LogP) is 1.74. The van der Waals surface area contributed by atoms with Crippen LogP contribution in [0.25, 0.3) is 11.2 Å². The smallest absolute Gasteiger partial charge is 0.167 e. The molecule has 2 aromatic rings. The van der Waals surface area contributed by atoms with Crippen LogP contribution in [0, 0.1) is 0 Å². The van der Waals surface area contributed by atoms with Crippen LogP contribution in [0.5, 0.6) is 0 Å². The maximum Gasteiger partial charge on any atom is 0.167 e. The quantitative estimate of drug-likeness (QED) is 0.866. The van der Waals surface area contributed by atoms with Gasteiger partial charge in [0.15, 0.2) is 11.5 Å². The Morgan fingerprint density at radius 3 is 3.11 bits per heavy atom. The fraction of sp³-hybridized carbons (Fsp3) is 0.583. The number of hydrogen-bond donors (Lipinski definition) is 1. The second-order valence-electron chi connectivity index (χ2n) is 4.92.